The highest BCUT2D eigenvalue weighted by Gasteiger charge is 2.51. The minimum atomic E-state index is -4.39. The van der Waals surface area contributed by atoms with Crippen LogP contribution in [0.3, 0.4) is 0 Å². The van der Waals surface area contributed by atoms with Gasteiger partial charge >= 0.3 is 6.18 Å². The van der Waals surface area contributed by atoms with Crippen LogP contribution in [-0.4, -0.2) is 37.5 Å². The third kappa shape index (κ3) is 4.26. The van der Waals surface area contributed by atoms with E-state index in [1.165, 1.54) is 12.4 Å². The Morgan fingerprint density at radius 2 is 1.90 bits per heavy atom. The van der Waals surface area contributed by atoms with Gasteiger partial charge in [0.05, 0.1) is 23.4 Å². The van der Waals surface area contributed by atoms with E-state index in [-0.39, 0.29) is 23.6 Å². The van der Waals surface area contributed by atoms with Gasteiger partial charge in [0.15, 0.2) is 0 Å². The molecule has 4 atom stereocenters. The van der Waals surface area contributed by atoms with Crippen LogP contribution in [0.25, 0.3) is 0 Å². The maximum absolute atomic E-state index is 13.6. The lowest BCUT2D eigenvalue weighted by molar-refractivity contribution is -0.128. The summed E-state index contributed by atoms with van der Waals surface area (Å²) >= 11 is 0. The van der Waals surface area contributed by atoms with Crippen molar-refractivity contribution in [1.82, 2.24) is 24.8 Å². The third-order valence-electron chi connectivity index (χ3n) is 8.88. The van der Waals surface area contributed by atoms with Crippen molar-refractivity contribution in [3.8, 4) is 0 Å². The Kier molecular flexibility index (Phi) is 5.96. The summed E-state index contributed by atoms with van der Waals surface area (Å²) in [5, 5.41) is 5.90. The zero-order chi connectivity index (χ0) is 29.2. The molecule has 3 aromatic heterocycles. The van der Waals surface area contributed by atoms with E-state index in [1.807, 2.05) is 43.3 Å². The predicted molar refractivity (Wildman–Crippen MR) is 147 cm³/mol. The molecule has 5 heterocycles. The van der Waals surface area contributed by atoms with E-state index < -0.39 is 30.0 Å². The van der Waals surface area contributed by atoms with Crippen LogP contribution in [-0.2, 0) is 29.5 Å². The number of hydrogen-bond acceptors (Lipinski definition) is 5. The maximum atomic E-state index is 13.6. The number of pyridine rings is 2. The molecule has 214 valence electrons. The predicted octanol–water partition coefficient (Wildman–Crippen LogP) is 4.99. The SMILES string of the molecule is CC1[C@H](c2ccccc2)C[C@H](NC(=O)c2cnc3c(c2)CC2(C3)C(=O)Nc3ncccc32)c2ncc(CC(F)(F)F)n21. The summed E-state index contributed by atoms with van der Waals surface area (Å²) in [5.74, 6) is 0.278. The molecule has 8 nitrogen and oxygen atoms in total. The standard InChI is InChI=1S/C31H27F3N6O2/c1-17-22(18-6-3-2-4-7-18)11-24(27-37-16-21(40(17)27)13-31(32,33)34)38-28(41)20-10-19-12-30(14-25(19)36-15-20)23-8-5-9-35-26(23)39-29(30)42/h2-10,15-17,22,24H,11-14H2,1H3,(H,38,41)(H,35,39,42)/t17?,22-,24+,30?/m1/s1. The topological polar surface area (TPSA) is 102 Å². The van der Waals surface area contributed by atoms with Crippen LogP contribution in [0.2, 0.25) is 0 Å². The summed E-state index contributed by atoms with van der Waals surface area (Å²) in [6.07, 6.45) is 0.173. The first-order valence-corrected chi connectivity index (χ1v) is 13.9. The molecule has 7 rings (SSSR count). The first-order valence-electron chi connectivity index (χ1n) is 13.9. The quantitative estimate of drug-likeness (QED) is 0.359. The van der Waals surface area contributed by atoms with Crippen LogP contribution in [0.1, 0.15) is 75.6 Å². The Labute approximate surface area is 239 Å². The number of imidazole rings is 1. The number of rotatable bonds is 4. The Bertz CT molecular complexity index is 1720. The lowest BCUT2D eigenvalue weighted by Gasteiger charge is -2.37. The highest BCUT2D eigenvalue weighted by molar-refractivity contribution is 6.06. The van der Waals surface area contributed by atoms with Crippen molar-refractivity contribution in [2.24, 2.45) is 0 Å². The molecule has 0 radical (unpaired) electrons. The van der Waals surface area contributed by atoms with Crippen LogP contribution < -0.4 is 10.6 Å². The fourth-order valence-corrected chi connectivity index (χ4v) is 6.93. The number of halogens is 3. The van der Waals surface area contributed by atoms with Gasteiger partial charge in [-0.1, -0.05) is 36.4 Å². The molecule has 2 aliphatic heterocycles. The van der Waals surface area contributed by atoms with Crippen LogP contribution in [0.5, 0.6) is 0 Å². The number of alkyl halides is 3. The first-order chi connectivity index (χ1) is 20.1. The van der Waals surface area contributed by atoms with Gasteiger partial charge in [0, 0.05) is 53.9 Å². The van der Waals surface area contributed by atoms with Crippen molar-refractivity contribution < 1.29 is 22.8 Å². The van der Waals surface area contributed by atoms with Gasteiger partial charge in [-0.3, -0.25) is 14.6 Å². The summed E-state index contributed by atoms with van der Waals surface area (Å²) in [6.45, 7) is 1.90. The molecule has 1 aliphatic carbocycles. The van der Waals surface area contributed by atoms with E-state index in [2.05, 4.69) is 25.6 Å². The van der Waals surface area contributed by atoms with Crippen LogP contribution >= 0.6 is 0 Å². The van der Waals surface area contributed by atoms with Crippen molar-refractivity contribution in [3.63, 3.8) is 0 Å². The zero-order valence-corrected chi connectivity index (χ0v) is 22.7. The van der Waals surface area contributed by atoms with Gasteiger partial charge in [0.2, 0.25) is 5.91 Å². The Balaban J connectivity index is 1.18. The summed E-state index contributed by atoms with van der Waals surface area (Å²) in [6, 6.07) is 14.2. The summed E-state index contributed by atoms with van der Waals surface area (Å²) < 4.78 is 42.0. The number of nitrogens with zero attached hydrogens (tertiary/aromatic N) is 4. The van der Waals surface area contributed by atoms with Gasteiger partial charge in [-0.15, -0.1) is 0 Å². The maximum Gasteiger partial charge on any atom is 0.394 e. The minimum absolute atomic E-state index is 0.0685. The molecule has 42 heavy (non-hydrogen) atoms. The normalized spacial score (nSPS) is 24.2. The molecule has 0 saturated heterocycles. The van der Waals surface area contributed by atoms with Gasteiger partial charge in [0.1, 0.15) is 11.6 Å². The molecule has 2 amide bonds. The number of amides is 2. The molecule has 0 saturated carbocycles. The number of hydrogen-bond donors (Lipinski definition) is 2. The lowest BCUT2D eigenvalue weighted by Crippen LogP contribution is -2.38. The van der Waals surface area contributed by atoms with E-state index in [0.29, 0.717) is 36.5 Å². The highest BCUT2D eigenvalue weighted by atomic mass is 19.4. The van der Waals surface area contributed by atoms with E-state index >= 15 is 0 Å². The van der Waals surface area contributed by atoms with Crippen molar-refractivity contribution in [2.45, 2.75) is 62.2 Å². The molecule has 4 aromatic rings. The molecule has 1 aromatic carbocycles. The Morgan fingerprint density at radius 1 is 1.10 bits per heavy atom. The molecule has 0 fully saturated rings. The number of benzene rings is 1. The Hall–Kier alpha value is -4.54. The van der Waals surface area contributed by atoms with Crippen LogP contribution in [0.4, 0.5) is 19.0 Å². The number of aromatic nitrogens is 4. The van der Waals surface area contributed by atoms with Crippen molar-refractivity contribution in [2.75, 3.05) is 5.32 Å². The molecule has 2 unspecified atom stereocenters. The fraction of sp³-hybridized carbons (Fsp3) is 0.323. The second kappa shape index (κ2) is 9.50. The minimum Gasteiger partial charge on any atom is -0.342 e. The van der Waals surface area contributed by atoms with Gasteiger partial charge in [-0.2, -0.15) is 13.2 Å². The number of fused-ring (bicyclic) bond motifs is 4. The van der Waals surface area contributed by atoms with Gasteiger partial charge in [0.25, 0.3) is 5.91 Å². The van der Waals surface area contributed by atoms with Gasteiger partial charge in [-0.25, -0.2) is 9.97 Å². The largest absolute Gasteiger partial charge is 0.394 e. The number of nitrogens with one attached hydrogen (secondary N) is 2. The number of carbonyl (C=O) groups excluding carboxylic acids is 2. The first kappa shape index (κ1) is 26.4. The van der Waals surface area contributed by atoms with E-state index in [9.17, 15) is 22.8 Å². The lowest BCUT2D eigenvalue weighted by atomic mass is 9.80. The molecule has 0 bridgehead atoms. The zero-order valence-electron chi connectivity index (χ0n) is 22.7. The number of anilines is 1. The van der Waals surface area contributed by atoms with Gasteiger partial charge < -0.3 is 15.2 Å². The molecule has 11 heteroatoms. The average molecular weight is 573 g/mol. The average Bonchev–Trinajstić information content (AvgIpc) is 3.63. The molecular weight excluding hydrogens is 545 g/mol. The second-order valence-corrected chi connectivity index (χ2v) is 11.4. The third-order valence-corrected chi connectivity index (χ3v) is 8.88. The molecular formula is C31H27F3N6O2. The van der Waals surface area contributed by atoms with Crippen molar-refractivity contribution in [3.05, 3.63) is 107 Å². The molecule has 2 N–H and O–H groups in total. The fourth-order valence-electron chi connectivity index (χ4n) is 6.93. The summed E-state index contributed by atoms with van der Waals surface area (Å²) in [7, 11) is 0. The summed E-state index contributed by atoms with van der Waals surface area (Å²) in [4.78, 5) is 39.9. The second-order valence-electron chi connectivity index (χ2n) is 11.4. The van der Waals surface area contributed by atoms with Crippen molar-refractivity contribution >= 4 is 17.6 Å². The smallest absolute Gasteiger partial charge is 0.342 e. The summed E-state index contributed by atoms with van der Waals surface area (Å²) in [5.41, 5.74) is 2.94. The van der Waals surface area contributed by atoms with E-state index in [4.69, 9.17) is 0 Å². The van der Waals surface area contributed by atoms with Crippen LogP contribution in [0.15, 0.2) is 67.1 Å². The number of carbonyl (C=O) groups is 2. The highest BCUT2D eigenvalue weighted by Crippen LogP contribution is 2.47. The van der Waals surface area contributed by atoms with Crippen LogP contribution in [0, 0.1) is 0 Å². The van der Waals surface area contributed by atoms with E-state index in [0.717, 1.165) is 22.4 Å². The van der Waals surface area contributed by atoms with Crippen molar-refractivity contribution in [1.29, 1.82) is 0 Å². The molecule has 3 aliphatic rings. The van der Waals surface area contributed by atoms with E-state index in [1.54, 1.807) is 22.9 Å². The molecule has 1 spiro atoms. The Morgan fingerprint density at radius 3 is 2.69 bits per heavy atom. The monoisotopic (exact) mass is 572 g/mol. The van der Waals surface area contributed by atoms with Gasteiger partial charge in [-0.05, 0) is 43.0 Å².